The number of benzene rings is 3. The molecule has 3 aromatic carbocycles. The molecule has 0 nitrogen and oxygen atoms in total. The number of aryl methyl sites for hydroxylation is 5. The Labute approximate surface area is 190 Å². The van der Waals surface area contributed by atoms with E-state index in [0.717, 1.165) is 39.9 Å². The molecule has 1 unspecified atom stereocenters. The second kappa shape index (κ2) is 9.24. The Balaban J connectivity index is 2.14. The lowest BCUT2D eigenvalue weighted by Gasteiger charge is -2.23. The third-order valence-electron chi connectivity index (χ3n) is 5.66. The highest BCUT2D eigenvalue weighted by Gasteiger charge is 2.37. The summed E-state index contributed by atoms with van der Waals surface area (Å²) >= 11 is 0. The van der Waals surface area contributed by atoms with E-state index in [4.69, 9.17) is 0 Å². The molecule has 0 fully saturated rings. The first kappa shape index (κ1) is 24.9. The maximum atomic E-state index is 13.5. The van der Waals surface area contributed by atoms with Crippen LogP contribution < -0.4 is 0 Å². The molecule has 0 aliphatic carbocycles. The van der Waals surface area contributed by atoms with Crippen LogP contribution in [0.15, 0.2) is 54.6 Å². The predicted octanol–water partition coefficient (Wildman–Crippen LogP) is 8.72. The lowest BCUT2D eigenvalue weighted by atomic mass is 9.83. The molecule has 1 atom stereocenters. The molecular formula is C27H26F6. The SMILES string of the molecule is Cc1cc(C)cc(CCC(c2cc(C)cc(C)c2)c2cc(C(F)(F)F)cc(C(F)(F)F)c2)c1. The van der Waals surface area contributed by atoms with E-state index in [1.165, 1.54) is 0 Å². The van der Waals surface area contributed by atoms with Crippen molar-refractivity contribution in [2.45, 2.75) is 58.8 Å². The first-order valence-corrected chi connectivity index (χ1v) is 10.7. The van der Waals surface area contributed by atoms with E-state index in [9.17, 15) is 26.3 Å². The van der Waals surface area contributed by atoms with Crippen LogP contribution in [-0.2, 0) is 18.8 Å². The van der Waals surface area contributed by atoms with Gasteiger partial charge in [0.05, 0.1) is 11.1 Å². The number of rotatable bonds is 5. The number of hydrogen-bond acceptors (Lipinski definition) is 0. The topological polar surface area (TPSA) is 0 Å². The van der Waals surface area contributed by atoms with E-state index in [-0.39, 0.29) is 11.6 Å². The molecule has 176 valence electrons. The van der Waals surface area contributed by atoms with Gasteiger partial charge in [-0.2, -0.15) is 26.3 Å². The average Bonchev–Trinajstić information content (AvgIpc) is 2.65. The van der Waals surface area contributed by atoms with E-state index in [2.05, 4.69) is 0 Å². The van der Waals surface area contributed by atoms with Gasteiger partial charge in [0, 0.05) is 5.92 Å². The van der Waals surface area contributed by atoms with Crippen LogP contribution in [0, 0.1) is 27.7 Å². The molecule has 0 aromatic heterocycles. The van der Waals surface area contributed by atoms with E-state index < -0.39 is 29.4 Å². The molecule has 3 rings (SSSR count). The summed E-state index contributed by atoms with van der Waals surface area (Å²) < 4.78 is 81.0. The van der Waals surface area contributed by atoms with E-state index in [1.807, 2.05) is 64.1 Å². The van der Waals surface area contributed by atoms with Crippen LogP contribution in [0.4, 0.5) is 26.3 Å². The zero-order chi connectivity index (χ0) is 24.6. The highest BCUT2D eigenvalue weighted by molar-refractivity contribution is 5.42. The smallest absolute Gasteiger partial charge is 0.166 e. The highest BCUT2D eigenvalue weighted by Crippen LogP contribution is 2.40. The van der Waals surface area contributed by atoms with Gasteiger partial charge >= 0.3 is 12.4 Å². The van der Waals surface area contributed by atoms with Gasteiger partial charge in [0.1, 0.15) is 0 Å². The summed E-state index contributed by atoms with van der Waals surface area (Å²) in [5.74, 6) is -0.618. The second-order valence-electron chi connectivity index (χ2n) is 8.85. The van der Waals surface area contributed by atoms with Gasteiger partial charge in [-0.25, -0.2) is 0 Å². The zero-order valence-electron chi connectivity index (χ0n) is 19.0. The van der Waals surface area contributed by atoms with E-state index in [0.29, 0.717) is 18.4 Å². The normalized spacial score (nSPS) is 13.3. The third kappa shape index (κ3) is 6.40. The van der Waals surface area contributed by atoms with Crippen LogP contribution in [-0.4, -0.2) is 0 Å². The monoisotopic (exact) mass is 464 g/mol. The summed E-state index contributed by atoms with van der Waals surface area (Å²) in [7, 11) is 0. The number of hydrogen-bond donors (Lipinski definition) is 0. The van der Waals surface area contributed by atoms with Crippen molar-refractivity contribution in [3.05, 3.63) is 105 Å². The van der Waals surface area contributed by atoms with Crippen LogP contribution in [0.3, 0.4) is 0 Å². The predicted molar refractivity (Wildman–Crippen MR) is 118 cm³/mol. The first-order chi connectivity index (χ1) is 15.2. The minimum Gasteiger partial charge on any atom is -0.166 e. The van der Waals surface area contributed by atoms with Gasteiger partial charge in [-0.1, -0.05) is 58.7 Å². The van der Waals surface area contributed by atoms with Crippen molar-refractivity contribution in [3.63, 3.8) is 0 Å². The van der Waals surface area contributed by atoms with Gasteiger partial charge in [0.15, 0.2) is 0 Å². The van der Waals surface area contributed by atoms with Gasteiger partial charge in [-0.3, -0.25) is 0 Å². The van der Waals surface area contributed by atoms with Crippen molar-refractivity contribution in [2.24, 2.45) is 0 Å². The quantitative estimate of drug-likeness (QED) is 0.331. The van der Waals surface area contributed by atoms with Crippen molar-refractivity contribution in [1.29, 1.82) is 0 Å². The van der Waals surface area contributed by atoms with Crippen LogP contribution in [0.1, 0.15) is 62.4 Å². The van der Waals surface area contributed by atoms with Crippen molar-refractivity contribution in [3.8, 4) is 0 Å². The molecule has 0 heterocycles. The van der Waals surface area contributed by atoms with Crippen molar-refractivity contribution < 1.29 is 26.3 Å². The fraction of sp³-hybridized carbons (Fsp3) is 0.333. The summed E-state index contributed by atoms with van der Waals surface area (Å²) in [6, 6.07) is 13.5. The molecule has 0 radical (unpaired) electrons. The molecule has 3 aromatic rings. The van der Waals surface area contributed by atoms with Crippen LogP contribution >= 0.6 is 0 Å². The van der Waals surface area contributed by atoms with Gasteiger partial charge in [0.2, 0.25) is 0 Å². The van der Waals surface area contributed by atoms with Crippen LogP contribution in [0.25, 0.3) is 0 Å². The maximum Gasteiger partial charge on any atom is 0.416 e. The molecule has 0 N–H and O–H groups in total. The van der Waals surface area contributed by atoms with Gasteiger partial charge in [0.25, 0.3) is 0 Å². The number of halogens is 6. The minimum atomic E-state index is -4.88. The van der Waals surface area contributed by atoms with Crippen LogP contribution in [0.5, 0.6) is 0 Å². The standard InChI is InChI=1S/C27H26F6/c1-16-7-17(2)10-20(9-16)5-6-25(21-11-18(3)8-19(4)12-21)22-13-23(26(28,29)30)15-24(14-22)27(31,32)33/h7-15,25H,5-6H2,1-4H3. The molecule has 33 heavy (non-hydrogen) atoms. The summed E-state index contributed by atoms with van der Waals surface area (Å²) in [5.41, 5.74) is 3.11. The van der Waals surface area contributed by atoms with Crippen LogP contribution in [0.2, 0.25) is 0 Å². The Morgan fingerprint density at radius 3 is 1.36 bits per heavy atom. The second-order valence-corrected chi connectivity index (χ2v) is 8.85. The fourth-order valence-electron chi connectivity index (χ4n) is 4.44. The third-order valence-corrected chi connectivity index (χ3v) is 5.66. The van der Waals surface area contributed by atoms with Crippen molar-refractivity contribution >= 4 is 0 Å². The molecule has 0 saturated heterocycles. The lowest BCUT2D eigenvalue weighted by Crippen LogP contribution is -2.14. The Bertz CT molecular complexity index is 1070. The minimum absolute atomic E-state index is 0.0199. The maximum absolute atomic E-state index is 13.5. The van der Waals surface area contributed by atoms with Crippen molar-refractivity contribution in [2.75, 3.05) is 0 Å². The molecule has 0 aliphatic heterocycles. The summed E-state index contributed by atoms with van der Waals surface area (Å²) in [5, 5.41) is 0. The number of alkyl halides is 6. The summed E-state index contributed by atoms with van der Waals surface area (Å²) in [6.07, 6.45) is -8.85. The molecule has 0 aliphatic rings. The summed E-state index contributed by atoms with van der Waals surface area (Å²) in [4.78, 5) is 0. The largest absolute Gasteiger partial charge is 0.416 e. The van der Waals surface area contributed by atoms with Crippen molar-refractivity contribution in [1.82, 2.24) is 0 Å². The molecule has 6 heteroatoms. The van der Waals surface area contributed by atoms with Gasteiger partial charge in [-0.05, 0) is 75.4 Å². The molecule has 0 saturated carbocycles. The molecule has 0 spiro atoms. The molecular weight excluding hydrogens is 438 g/mol. The highest BCUT2D eigenvalue weighted by atomic mass is 19.4. The van der Waals surface area contributed by atoms with E-state index >= 15 is 0 Å². The van der Waals surface area contributed by atoms with Gasteiger partial charge < -0.3 is 0 Å². The lowest BCUT2D eigenvalue weighted by molar-refractivity contribution is -0.143. The zero-order valence-corrected chi connectivity index (χ0v) is 19.0. The Kier molecular flexibility index (Phi) is 6.96. The Morgan fingerprint density at radius 2 is 0.939 bits per heavy atom. The van der Waals surface area contributed by atoms with Gasteiger partial charge in [-0.15, -0.1) is 0 Å². The van der Waals surface area contributed by atoms with E-state index in [1.54, 1.807) is 0 Å². The average molecular weight is 464 g/mol. The Hall–Kier alpha value is -2.76. The Morgan fingerprint density at radius 1 is 0.545 bits per heavy atom. The molecule has 0 bridgehead atoms. The summed E-state index contributed by atoms with van der Waals surface area (Å²) in [6.45, 7) is 7.65. The fourth-order valence-corrected chi connectivity index (χ4v) is 4.44. The molecule has 0 amide bonds. The first-order valence-electron chi connectivity index (χ1n) is 10.7.